The molecule has 0 saturated heterocycles. The molecule has 0 radical (unpaired) electrons. The maximum absolute atomic E-state index is 10.0. The third-order valence-electron chi connectivity index (χ3n) is 2.08. The van der Waals surface area contributed by atoms with Crippen molar-refractivity contribution in [2.75, 3.05) is 0 Å². The lowest BCUT2D eigenvalue weighted by Gasteiger charge is -2.09. The van der Waals surface area contributed by atoms with Crippen molar-refractivity contribution < 1.29 is 5.11 Å². The highest BCUT2D eigenvalue weighted by Gasteiger charge is 2.17. The summed E-state index contributed by atoms with van der Waals surface area (Å²) >= 11 is 1.43. The van der Waals surface area contributed by atoms with E-state index in [2.05, 4.69) is 22.2 Å². The van der Waals surface area contributed by atoms with Gasteiger partial charge in [-0.3, -0.25) is 4.98 Å². The zero-order valence-corrected chi connectivity index (χ0v) is 9.18. The van der Waals surface area contributed by atoms with Crippen molar-refractivity contribution in [3.63, 3.8) is 0 Å². The van der Waals surface area contributed by atoms with Crippen LogP contribution < -0.4 is 0 Å². The molecule has 2 rings (SSSR count). The Balaban J connectivity index is 2.25. The van der Waals surface area contributed by atoms with E-state index in [1.165, 1.54) is 11.3 Å². The standard InChI is InChI=1S/C9H12N4OS/c1-2-3-13-7(4-11-12-13)9(14)8-5-10-6-15-8/h4-6,9,14H,2-3H2,1H3. The molecule has 0 spiro atoms. The van der Waals surface area contributed by atoms with E-state index in [1.54, 1.807) is 22.6 Å². The van der Waals surface area contributed by atoms with E-state index in [0.717, 1.165) is 23.5 Å². The molecular formula is C9H12N4OS. The number of thiazole rings is 1. The van der Waals surface area contributed by atoms with Crippen molar-refractivity contribution in [2.45, 2.75) is 26.0 Å². The van der Waals surface area contributed by atoms with Gasteiger partial charge >= 0.3 is 0 Å². The van der Waals surface area contributed by atoms with Gasteiger partial charge in [-0.05, 0) is 6.42 Å². The second-order valence-electron chi connectivity index (χ2n) is 3.19. The minimum absolute atomic E-state index is 0.668. The summed E-state index contributed by atoms with van der Waals surface area (Å²) < 4.78 is 1.73. The van der Waals surface area contributed by atoms with E-state index < -0.39 is 6.10 Å². The maximum atomic E-state index is 10.0. The summed E-state index contributed by atoms with van der Waals surface area (Å²) in [5.41, 5.74) is 2.42. The quantitative estimate of drug-likeness (QED) is 0.848. The average Bonchev–Trinajstić information content (AvgIpc) is 2.87. The van der Waals surface area contributed by atoms with Crippen LogP contribution in [-0.4, -0.2) is 25.1 Å². The zero-order chi connectivity index (χ0) is 10.7. The minimum Gasteiger partial charge on any atom is -0.381 e. The Bertz CT molecular complexity index is 411. The topological polar surface area (TPSA) is 63.8 Å². The van der Waals surface area contributed by atoms with Gasteiger partial charge in [-0.1, -0.05) is 12.1 Å². The monoisotopic (exact) mass is 224 g/mol. The highest BCUT2D eigenvalue weighted by Crippen LogP contribution is 2.23. The summed E-state index contributed by atoms with van der Waals surface area (Å²) in [6, 6.07) is 0. The number of aliphatic hydroxyl groups is 1. The Morgan fingerprint density at radius 3 is 3.07 bits per heavy atom. The number of rotatable bonds is 4. The fourth-order valence-corrected chi connectivity index (χ4v) is 1.98. The lowest BCUT2D eigenvalue weighted by Crippen LogP contribution is -2.09. The number of nitrogens with zero attached hydrogens (tertiary/aromatic N) is 4. The van der Waals surface area contributed by atoms with E-state index in [4.69, 9.17) is 0 Å². The average molecular weight is 224 g/mol. The molecule has 0 fully saturated rings. The highest BCUT2D eigenvalue weighted by molar-refractivity contribution is 7.09. The maximum Gasteiger partial charge on any atom is 0.133 e. The molecule has 5 nitrogen and oxygen atoms in total. The van der Waals surface area contributed by atoms with Crippen LogP contribution in [0.1, 0.15) is 30.0 Å². The van der Waals surface area contributed by atoms with Crippen molar-refractivity contribution >= 4 is 11.3 Å². The molecule has 1 atom stereocenters. The molecule has 0 aromatic carbocycles. The molecule has 0 amide bonds. The van der Waals surface area contributed by atoms with Crippen molar-refractivity contribution in [3.05, 3.63) is 28.5 Å². The number of hydrogen-bond donors (Lipinski definition) is 1. The smallest absolute Gasteiger partial charge is 0.133 e. The number of aliphatic hydroxyl groups excluding tert-OH is 1. The van der Waals surface area contributed by atoms with Crippen molar-refractivity contribution in [2.24, 2.45) is 0 Å². The molecular weight excluding hydrogens is 212 g/mol. The summed E-state index contributed by atoms with van der Waals surface area (Å²) in [6.45, 7) is 2.83. The van der Waals surface area contributed by atoms with Gasteiger partial charge in [-0.25, -0.2) is 4.68 Å². The van der Waals surface area contributed by atoms with Gasteiger partial charge in [-0.2, -0.15) is 0 Å². The van der Waals surface area contributed by atoms with Gasteiger partial charge in [-0.15, -0.1) is 16.4 Å². The molecule has 2 heterocycles. The van der Waals surface area contributed by atoms with Gasteiger partial charge < -0.3 is 5.11 Å². The molecule has 0 bridgehead atoms. The predicted molar refractivity (Wildman–Crippen MR) is 56.5 cm³/mol. The van der Waals surface area contributed by atoms with Crippen LogP contribution in [0, 0.1) is 0 Å². The third-order valence-corrected chi connectivity index (χ3v) is 2.91. The Kier molecular flexibility index (Phi) is 3.08. The molecule has 0 aliphatic rings. The van der Waals surface area contributed by atoms with E-state index >= 15 is 0 Å². The molecule has 1 N–H and O–H groups in total. The van der Waals surface area contributed by atoms with Crippen molar-refractivity contribution in [1.82, 2.24) is 20.0 Å². The zero-order valence-electron chi connectivity index (χ0n) is 8.37. The molecule has 1 unspecified atom stereocenters. The third kappa shape index (κ3) is 2.05. The van der Waals surface area contributed by atoms with Gasteiger partial charge in [0, 0.05) is 12.7 Å². The van der Waals surface area contributed by atoms with Crippen LogP contribution in [0.5, 0.6) is 0 Å². The van der Waals surface area contributed by atoms with E-state index in [0.29, 0.717) is 0 Å². The number of aryl methyl sites for hydroxylation is 1. The van der Waals surface area contributed by atoms with E-state index in [9.17, 15) is 5.11 Å². The molecule has 15 heavy (non-hydrogen) atoms. The molecule has 80 valence electrons. The Morgan fingerprint density at radius 2 is 2.40 bits per heavy atom. The van der Waals surface area contributed by atoms with Crippen LogP contribution in [0.25, 0.3) is 0 Å². The molecule has 0 aliphatic heterocycles. The number of hydrogen-bond acceptors (Lipinski definition) is 5. The van der Waals surface area contributed by atoms with Crippen LogP contribution in [0.2, 0.25) is 0 Å². The first-order valence-corrected chi connectivity index (χ1v) is 5.65. The lowest BCUT2D eigenvalue weighted by molar-refractivity contribution is 0.211. The van der Waals surface area contributed by atoms with Gasteiger partial charge in [0.2, 0.25) is 0 Å². The van der Waals surface area contributed by atoms with Crippen LogP contribution in [-0.2, 0) is 6.54 Å². The molecule has 0 saturated carbocycles. The van der Waals surface area contributed by atoms with Crippen LogP contribution in [0.15, 0.2) is 17.9 Å². The normalized spacial score (nSPS) is 12.9. The van der Waals surface area contributed by atoms with Crippen LogP contribution >= 0.6 is 11.3 Å². The molecule has 2 aromatic heterocycles. The fourth-order valence-electron chi connectivity index (χ4n) is 1.37. The molecule has 6 heteroatoms. The SMILES string of the molecule is CCCn1nncc1C(O)c1cncs1. The van der Waals surface area contributed by atoms with Crippen molar-refractivity contribution in [1.29, 1.82) is 0 Å². The summed E-state index contributed by atoms with van der Waals surface area (Å²) in [4.78, 5) is 4.75. The summed E-state index contributed by atoms with van der Waals surface area (Å²) in [5.74, 6) is 0. The van der Waals surface area contributed by atoms with Crippen LogP contribution in [0.4, 0.5) is 0 Å². The second kappa shape index (κ2) is 4.50. The predicted octanol–water partition coefficient (Wildman–Crippen LogP) is 1.23. The first-order valence-electron chi connectivity index (χ1n) is 4.77. The molecule has 0 aliphatic carbocycles. The van der Waals surface area contributed by atoms with E-state index in [1.807, 2.05) is 0 Å². The second-order valence-corrected chi connectivity index (χ2v) is 4.11. The van der Waals surface area contributed by atoms with Gasteiger partial charge in [0.25, 0.3) is 0 Å². The Labute approximate surface area is 91.4 Å². The van der Waals surface area contributed by atoms with Gasteiger partial charge in [0.15, 0.2) is 0 Å². The fraction of sp³-hybridized carbons (Fsp3) is 0.444. The Hall–Kier alpha value is -1.27. The van der Waals surface area contributed by atoms with Gasteiger partial charge in [0.1, 0.15) is 6.10 Å². The highest BCUT2D eigenvalue weighted by atomic mass is 32.1. The van der Waals surface area contributed by atoms with Gasteiger partial charge in [0.05, 0.1) is 22.3 Å². The lowest BCUT2D eigenvalue weighted by atomic mass is 10.2. The summed E-state index contributed by atoms with van der Waals surface area (Å²) in [6.07, 6.45) is 3.56. The van der Waals surface area contributed by atoms with E-state index in [-0.39, 0.29) is 0 Å². The first-order chi connectivity index (χ1) is 7.33. The summed E-state index contributed by atoms with van der Waals surface area (Å²) in [5, 5.41) is 17.8. The first kappa shape index (κ1) is 10.3. The largest absolute Gasteiger partial charge is 0.381 e. The Morgan fingerprint density at radius 1 is 1.53 bits per heavy atom. The minimum atomic E-state index is -0.668. The summed E-state index contributed by atoms with van der Waals surface area (Å²) in [7, 11) is 0. The van der Waals surface area contributed by atoms with Crippen molar-refractivity contribution in [3.8, 4) is 0 Å². The van der Waals surface area contributed by atoms with Crippen LogP contribution in [0.3, 0.4) is 0 Å². The number of aromatic nitrogens is 4. The molecule has 2 aromatic rings.